The number of nitrogens with one attached hydrogen (secondary N) is 1. The molecule has 1 fully saturated rings. The van der Waals surface area contributed by atoms with Crippen molar-refractivity contribution in [3.8, 4) is 11.4 Å². The highest BCUT2D eigenvalue weighted by Crippen LogP contribution is 2.22. The van der Waals surface area contributed by atoms with Crippen molar-refractivity contribution in [2.45, 2.75) is 45.7 Å². The molecule has 3 rings (SSSR count). The highest BCUT2D eigenvalue weighted by molar-refractivity contribution is 9.10. The second-order valence-electron chi connectivity index (χ2n) is 6.89. The van der Waals surface area contributed by atoms with E-state index in [1.54, 1.807) is 0 Å². The average molecular weight is 421 g/mol. The summed E-state index contributed by atoms with van der Waals surface area (Å²) in [5, 5.41) is 7.16. The molecule has 0 bridgehead atoms. The molecule has 2 aromatic rings. The van der Waals surface area contributed by atoms with E-state index < -0.39 is 0 Å². The molecule has 7 heteroatoms. The third-order valence-electron chi connectivity index (χ3n) is 4.89. The molecule has 1 atom stereocenters. The summed E-state index contributed by atoms with van der Waals surface area (Å²) < 4.78 is 6.42. The second-order valence-corrected chi connectivity index (χ2v) is 7.80. The molecule has 26 heavy (non-hydrogen) atoms. The van der Waals surface area contributed by atoms with Crippen LogP contribution in [0.3, 0.4) is 0 Å². The maximum atomic E-state index is 12.2. The van der Waals surface area contributed by atoms with E-state index in [9.17, 15) is 4.79 Å². The van der Waals surface area contributed by atoms with E-state index >= 15 is 0 Å². The van der Waals surface area contributed by atoms with Crippen molar-refractivity contribution in [3.63, 3.8) is 0 Å². The Morgan fingerprint density at radius 1 is 1.35 bits per heavy atom. The Labute approximate surface area is 162 Å². The second kappa shape index (κ2) is 8.77. The van der Waals surface area contributed by atoms with Gasteiger partial charge in [-0.05, 0) is 63.5 Å². The Bertz CT molecular complexity index is 723. The van der Waals surface area contributed by atoms with Gasteiger partial charge in [-0.2, -0.15) is 4.98 Å². The number of rotatable bonds is 6. The summed E-state index contributed by atoms with van der Waals surface area (Å²) in [7, 11) is 0. The molecular formula is C19H25BrN4O2. The Hall–Kier alpha value is -1.73. The number of halogens is 1. The third kappa shape index (κ3) is 4.92. The predicted octanol–water partition coefficient (Wildman–Crippen LogP) is 3.63. The van der Waals surface area contributed by atoms with Crippen LogP contribution in [-0.2, 0) is 11.3 Å². The summed E-state index contributed by atoms with van der Waals surface area (Å²) in [4.78, 5) is 19.0. The topological polar surface area (TPSA) is 71.3 Å². The number of piperidine rings is 1. The minimum Gasteiger partial charge on any atom is -0.353 e. The molecule has 1 unspecified atom stereocenters. The molecule has 1 amide bonds. The summed E-state index contributed by atoms with van der Waals surface area (Å²) in [5.41, 5.74) is 0.934. The van der Waals surface area contributed by atoms with E-state index in [-0.39, 0.29) is 17.9 Å². The van der Waals surface area contributed by atoms with Crippen molar-refractivity contribution in [2.24, 2.45) is 5.92 Å². The van der Waals surface area contributed by atoms with E-state index in [1.807, 2.05) is 31.2 Å². The van der Waals surface area contributed by atoms with Crippen LogP contribution in [0, 0.1) is 5.92 Å². The van der Waals surface area contributed by atoms with Gasteiger partial charge in [0.25, 0.3) is 0 Å². The van der Waals surface area contributed by atoms with Crippen LogP contribution < -0.4 is 5.32 Å². The maximum Gasteiger partial charge on any atom is 0.241 e. The highest BCUT2D eigenvalue weighted by Gasteiger charge is 2.26. The van der Waals surface area contributed by atoms with Crippen LogP contribution in [0.25, 0.3) is 11.4 Å². The standard InChI is InChI=1S/C19H25BrN4O2/c1-3-13(2)21-19(25)15-8-10-24(11-9-15)12-17-22-18(23-26-17)14-4-6-16(20)7-5-14/h4-7,13,15H,3,8-12H2,1-2H3,(H,21,25). The van der Waals surface area contributed by atoms with Crippen molar-refractivity contribution < 1.29 is 9.32 Å². The third-order valence-corrected chi connectivity index (χ3v) is 5.42. The zero-order chi connectivity index (χ0) is 18.5. The number of nitrogens with zero attached hydrogens (tertiary/aromatic N) is 3. The molecule has 0 aliphatic carbocycles. The van der Waals surface area contributed by atoms with Crippen molar-refractivity contribution >= 4 is 21.8 Å². The number of carbonyl (C=O) groups excluding carboxylic acids is 1. The first-order valence-electron chi connectivity index (χ1n) is 9.16. The molecule has 0 saturated carbocycles. The van der Waals surface area contributed by atoms with Crippen molar-refractivity contribution in [1.29, 1.82) is 0 Å². The van der Waals surface area contributed by atoms with Gasteiger partial charge in [-0.1, -0.05) is 28.0 Å². The van der Waals surface area contributed by atoms with Crippen molar-refractivity contribution in [3.05, 3.63) is 34.6 Å². The van der Waals surface area contributed by atoms with Gasteiger partial charge in [0, 0.05) is 22.0 Å². The van der Waals surface area contributed by atoms with Gasteiger partial charge >= 0.3 is 0 Å². The maximum absolute atomic E-state index is 12.2. The highest BCUT2D eigenvalue weighted by atomic mass is 79.9. The summed E-state index contributed by atoms with van der Waals surface area (Å²) in [6.07, 6.45) is 2.70. The Morgan fingerprint density at radius 2 is 2.04 bits per heavy atom. The minimum absolute atomic E-state index is 0.112. The summed E-state index contributed by atoms with van der Waals surface area (Å²) >= 11 is 3.42. The fourth-order valence-electron chi connectivity index (χ4n) is 3.04. The Balaban J connectivity index is 1.50. The number of carbonyl (C=O) groups is 1. The van der Waals surface area contributed by atoms with Gasteiger partial charge in [0.05, 0.1) is 6.54 Å². The van der Waals surface area contributed by atoms with Crippen LogP contribution in [0.2, 0.25) is 0 Å². The average Bonchev–Trinajstić information content (AvgIpc) is 3.11. The lowest BCUT2D eigenvalue weighted by atomic mass is 9.95. The Morgan fingerprint density at radius 3 is 2.69 bits per heavy atom. The fourth-order valence-corrected chi connectivity index (χ4v) is 3.31. The molecule has 1 aromatic carbocycles. The molecule has 140 valence electrons. The molecule has 1 aromatic heterocycles. The van der Waals surface area contributed by atoms with Crippen LogP contribution in [0.5, 0.6) is 0 Å². The largest absolute Gasteiger partial charge is 0.353 e. The van der Waals surface area contributed by atoms with Gasteiger partial charge in [0.15, 0.2) is 0 Å². The Kier molecular flexibility index (Phi) is 6.43. The van der Waals surface area contributed by atoms with Crippen LogP contribution in [-0.4, -0.2) is 40.1 Å². The summed E-state index contributed by atoms with van der Waals surface area (Å²) in [5.74, 6) is 1.52. The number of amides is 1. The van der Waals surface area contributed by atoms with Crippen LogP contribution >= 0.6 is 15.9 Å². The molecule has 0 spiro atoms. The number of hydrogen-bond donors (Lipinski definition) is 1. The van der Waals surface area contributed by atoms with E-state index in [1.165, 1.54) is 0 Å². The quantitative estimate of drug-likeness (QED) is 0.772. The first-order valence-corrected chi connectivity index (χ1v) is 9.95. The van der Waals surface area contributed by atoms with E-state index in [4.69, 9.17) is 4.52 Å². The van der Waals surface area contributed by atoms with E-state index in [0.717, 1.165) is 42.4 Å². The van der Waals surface area contributed by atoms with E-state index in [2.05, 4.69) is 43.2 Å². The lowest BCUT2D eigenvalue weighted by molar-refractivity contribution is -0.127. The van der Waals surface area contributed by atoms with Gasteiger partial charge in [-0.25, -0.2) is 0 Å². The van der Waals surface area contributed by atoms with Gasteiger partial charge in [0.1, 0.15) is 0 Å². The minimum atomic E-state index is 0.112. The number of benzene rings is 1. The van der Waals surface area contributed by atoms with Crippen LogP contribution in [0.1, 0.15) is 39.0 Å². The van der Waals surface area contributed by atoms with Gasteiger partial charge in [-0.15, -0.1) is 0 Å². The van der Waals surface area contributed by atoms with Crippen LogP contribution in [0.15, 0.2) is 33.3 Å². The van der Waals surface area contributed by atoms with Gasteiger partial charge < -0.3 is 9.84 Å². The van der Waals surface area contributed by atoms with Gasteiger partial charge in [-0.3, -0.25) is 9.69 Å². The lowest BCUT2D eigenvalue weighted by Gasteiger charge is -2.30. The smallest absolute Gasteiger partial charge is 0.241 e. The van der Waals surface area contributed by atoms with E-state index in [0.29, 0.717) is 18.3 Å². The summed E-state index contributed by atoms with van der Waals surface area (Å²) in [6, 6.07) is 8.08. The first-order chi connectivity index (χ1) is 12.5. The van der Waals surface area contributed by atoms with Crippen molar-refractivity contribution in [2.75, 3.05) is 13.1 Å². The SMILES string of the molecule is CCC(C)NC(=O)C1CCN(Cc2nc(-c3ccc(Br)cc3)no2)CC1. The molecule has 6 nitrogen and oxygen atoms in total. The van der Waals surface area contributed by atoms with Crippen molar-refractivity contribution in [1.82, 2.24) is 20.4 Å². The summed E-state index contributed by atoms with van der Waals surface area (Å²) in [6.45, 7) is 6.50. The zero-order valence-electron chi connectivity index (χ0n) is 15.2. The number of aromatic nitrogens is 2. The molecule has 0 radical (unpaired) electrons. The molecular weight excluding hydrogens is 396 g/mol. The fraction of sp³-hybridized carbons (Fsp3) is 0.526. The van der Waals surface area contributed by atoms with Crippen LogP contribution in [0.4, 0.5) is 0 Å². The predicted molar refractivity (Wildman–Crippen MR) is 103 cm³/mol. The molecule has 1 aliphatic rings. The molecule has 2 heterocycles. The first kappa shape index (κ1) is 19.0. The molecule has 1 N–H and O–H groups in total. The zero-order valence-corrected chi connectivity index (χ0v) is 16.8. The molecule has 1 saturated heterocycles. The van der Waals surface area contributed by atoms with Gasteiger partial charge in [0.2, 0.25) is 17.6 Å². The molecule has 1 aliphatic heterocycles. The normalized spacial score (nSPS) is 17.2. The number of hydrogen-bond acceptors (Lipinski definition) is 5. The lowest BCUT2D eigenvalue weighted by Crippen LogP contribution is -2.42. The monoisotopic (exact) mass is 420 g/mol. The number of likely N-dealkylation sites (tertiary alicyclic amines) is 1.